The van der Waals surface area contributed by atoms with Crippen LogP contribution in [-0.2, 0) is 0 Å². The molecule has 1 amide bonds. The van der Waals surface area contributed by atoms with Gasteiger partial charge in [0.05, 0.1) is 6.10 Å². The van der Waals surface area contributed by atoms with Gasteiger partial charge in [-0.3, -0.25) is 4.79 Å². The molecule has 0 saturated carbocycles. The number of aliphatic hydroxyl groups is 1. The standard InChI is InChI=1S/C20H25NO4/c1-14(2)25-18-10-8-16(9-11-18)20(23)21-12-17(22)13-24-19-7-5-4-6-15(19)3/h4-11,14,17,22H,12-13H2,1-3H3,(H,21,23). The van der Waals surface area contributed by atoms with Crippen molar-refractivity contribution in [2.45, 2.75) is 33.0 Å². The van der Waals surface area contributed by atoms with Crippen molar-refractivity contribution in [2.75, 3.05) is 13.2 Å². The van der Waals surface area contributed by atoms with Gasteiger partial charge in [-0.15, -0.1) is 0 Å². The monoisotopic (exact) mass is 343 g/mol. The number of hydrogen-bond acceptors (Lipinski definition) is 4. The molecule has 0 radical (unpaired) electrons. The number of hydrogen-bond donors (Lipinski definition) is 2. The SMILES string of the molecule is Cc1ccccc1OCC(O)CNC(=O)c1ccc(OC(C)C)cc1. The van der Waals surface area contributed by atoms with Crippen LogP contribution in [0, 0.1) is 6.92 Å². The number of carbonyl (C=O) groups is 1. The number of nitrogens with one attached hydrogen (secondary N) is 1. The van der Waals surface area contributed by atoms with Gasteiger partial charge in [-0.2, -0.15) is 0 Å². The number of aliphatic hydroxyl groups excluding tert-OH is 1. The highest BCUT2D eigenvalue weighted by Crippen LogP contribution is 2.16. The van der Waals surface area contributed by atoms with Crippen LogP contribution >= 0.6 is 0 Å². The molecule has 0 fully saturated rings. The van der Waals surface area contributed by atoms with Crippen molar-refractivity contribution >= 4 is 5.91 Å². The van der Waals surface area contributed by atoms with E-state index in [2.05, 4.69) is 5.32 Å². The maximum Gasteiger partial charge on any atom is 0.251 e. The lowest BCUT2D eigenvalue weighted by Gasteiger charge is -2.15. The highest BCUT2D eigenvalue weighted by molar-refractivity contribution is 5.94. The zero-order valence-corrected chi connectivity index (χ0v) is 14.9. The molecule has 5 nitrogen and oxygen atoms in total. The van der Waals surface area contributed by atoms with Crippen LogP contribution < -0.4 is 14.8 Å². The first-order chi connectivity index (χ1) is 12.0. The van der Waals surface area contributed by atoms with Gasteiger partial charge in [0, 0.05) is 12.1 Å². The number of benzene rings is 2. The molecule has 0 heterocycles. The summed E-state index contributed by atoms with van der Waals surface area (Å²) in [4.78, 5) is 12.1. The Bertz CT molecular complexity index is 682. The molecule has 0 spiro atoms. The fourth-order valence-electron chi connectivity index (χ4n) is 2.23. The van der Waals surface area contributed by atoms with Crippen molar-refractivity contribution in [3.05, 3.63) is 59.7 Å². The zero-order chi connectivity index (χ0) is 18.2. The predicted molar refractivity (Wildman–Crippen MR) is 97.2 cm³/mol. The Kier molecular flexibility index (Phi) is 6.83. The van der Waals surface area contributed by atoms with Gasteiger partial charge in [0.15, 0.2) is 0 Å². The first-order valence-corrected chi connectivity index (χ1v) is 8.37. The minimum Gasteiger partial charge on any atom is -0.491 e. The van der Waals surface area contributed by atoms with Gasteiger partial charge in [0.1, 0.15) is 24.2 Å². The van der Waals surface area contributed by atoms with Crippen LogP contribution in [0.5, 0.6) is 11.5 Å². The second kappa shape index (κ2) is 9.08. The van der Waals surface area contributed by atoms with Crippen LogP contribution in [0.4, 0.5) is 0 Å². The third-order valence-electron chi connectivity index (χ3n) is 3.51. The van der Waals surface area contributed by atoms with E-state index in [1.54, 1.807) is 24.3 Å². The highest BCUT2D eigenvalue weighted by atomic mass is 16.5. The zero-order valence-electron chi connectivity index (χ0n) is 14.9. The average Bonchev–Trinajstić information content (AvgIpc) is 2.59. The van der Waals surface area contributed by atoms with Crippen LogP contribution in [0.15, 0.2) is 48.5 Å². The summed E-state index contributed by atoms with van der Waals surface area (Å²) in [6, 6.07) is 14.5. The fourth-order valence-corrected chi connectivity index (χ4v) is 2.23. The van der Waals surface area contributed by atoms with E-state index in [1.807, 2.05) is 45.0 Å². The average molecular weight is 343 g/mol. The summed E-state index contributed by atoms with van der Waals surface area (Å²) in [5.74, 6) is 1.21. The third-order valence-corrected chi connectivity index (χ3v) is 3.51. The largest absolute Gasteiger partial charge is 0.491 e. The number of carbonyl (C=O) groups excluding carboxylic acids is 1. The molecule has 0 aliphatic heterocycles. The smallest absolute Gasteiger partial charge is 0.251 e. The molecule has 2 aromatic rings. The van der Waals surface area contributed by atoms with E-state index in [-0.39, 0.29) is 25.2 Å². The molecule has 5 heteroatoms. The first kappa shape index (κ1) is 18.8. The molecule has 1 atom stereocenters. The normalized spacial score (nSPS) is 11.9. The molecular weight excluding hydrogens is 318 g/mol. The molecule has 0 saturated heterocycles. The van der Waals surface area contributed by atoms with Gasteiger partial charge in [-0.05, 0) is 56.7 Å². The Labute approximate surface area is 148 Å². The summed E-state index contributed by atoms with van der Waals surface area (Å²) in [5, 5.41) is 12.7. The number of amides is 1. The maximum atomic E-state index is 12.1. The Morgan fingerprint density at radius 1 is 1.12 bits per heavy atom. The molecule has 2 rings (SSSR count). The van der Waals surface area contributed by atoms with Gasteiger partial charge in [0.25, 0.3) is 5.91 Å². The fraction of sp³-hybridized carbons (Fsp3) is 0.350. The molecule has 0 bridgehead atoms. The van der Waals surface area contributed by atoms with Crippen LogP contribution in [0.2, 0.25) is 0 Å². The lowest BCUT2D eigenvalue weighted by atomic mass is 10.2. The van der Waals surface area contributed by atoms with E-state index in [1.165, 1.54) is 0 Å². The molecular formula is C20H25NO4. The number of aryl methyl sites for hydroxylation is 1. The van der Waals surface area contributed by atoms with Crippen molar-refractivity contribution < 1.29 is 19.4 Å². The minimum absolute atomic E-state index is 0.0862. The summed E-state index contributed by atoms with van der Waals surface area (Å²) in [6.45, 7) is 6.07. The van der Waals surface area contributed by atoms with Crippen LogP contribution in [0.25, 0.3) is 0 Å². The van der Waals surface area contributed by atoms with E-state index in [9.17, 15) is 9.90 Å². The lowest BCUT2D eigenvalue weighted by molar-refractivity contribution is 0.0842. The molecule has 0 aliphatic rings. The van der Waals surface area contributed by atoms with Gasteiger partial charge in [-0.1, -0.05) is 18.2 Å². The molecule has 0 aliphatic carbocycles. The quantitative estimate of drug-likeness (QED) is 0.773. The lowest BCUT2D eigenvalue weighted by Crippen LogP contribution is -2.35. The van der Waals surface area contributed by atoms with Crippen molar-refractivity contribution in [3.63, 3.8) is 0 Å². The van der Waals surface area contributed by atoms with E-state index >= 15 is 0 Å². The molecule has 0 aromatic heterocycles. The van der Waals surface area contributed by atoms with E-state index in [4.69, 9.17) is 9.47 Å². The van der Waals surface area contributed by atoms with Crippen LogP contribution in [-0.4, -0.2) is 36.4 Å². The molecule has 134 valence electrons. The Morgan fingerprint density at radius 2 is 1.80 bits per heavy atom. The van der Waals surface area contributed by atoms with Crippen LogP contribution in [0.1, 0.15) is 29.8 Å². The summed E-state index contributed by atoms with van der Waals surface area (Å²) < 4.78 is 11.1. The van der Waals surface area contributed by atoms with Gasteiger partial charge < -0.3 is 19.9 Å². The Balaban J connectivity index is 1.78. The Morgan fingerprint density at radius 3 is 2.44 bits per heavy atom. The summed E-state index contributed by atoms with van der Waals surface area (Å²) in [7, 11) is 0. The summed E-state index contributed by atoms with van der Waals surface area (Å²) in [6.07, 6.45) is -0.699. The van der Waals surface area contributed by atoms with E-state index < -0.39 is 6.10 Å². The second-order valence-corrected chi connectivity index (χ2v) is 6.13. The number of para-hydroxylation sites is 1. The topological polar surface area (TPSA) is 67.8 Å². The van der Waals surface area contributed by atoms with Gasteiger partial charge >= 0.3 is 0 Å². The minimum atomic E-state index is -0.785. The van der Waals surface area contributed by atoms with Crippen molar-refractivity contribution in [1.82, 2.24) is 5.32 Å². The predicted octanol–water partition coefficient (Wildman–Crippen LogP) is 2.95. The maximum absolute atomic E-state index is 12.1. The number of ether oxygens (including phenoxy) is 2. The third kappa shape index (κ3) is 6.12. The molecule has 2 aromatic carbocycles. The molecule has 25 heavy (non-hydrogen) atoms. The molecule has 2 N–H and O–H groups in total. The van der Waals surface area contributed by atoms with Crippen LogP contribution in [0.3, 0.4) is 0 Å². The summed E-state index contributed by atoms with van der Waals surface area (Å²) in [5.41, 5.74) is 1.52. The highest BCUT2D eigenvalue weighted by Gasteiger charge is 2.11. The van der Waals surface area contributed by atoms with Crippen molar-refractivity contribution in [2.24, 2.45) is 0 Å². The van der Waals surface area contributed by atoms with E-state index in [0.717, 1.165) is 17.1 Å². The van der Waals surface area contributed by atoms with E-state index in [0.29, 0.717) is 5.56 Å². The van der Waals surface area contributed by atoms with Gasteiger partial charge in [0.2, 0.25) is 0 Å². The first-order valence-electron chi connectivity index (χ1n) is 8.37. The second-order valence-electron chi connectivity index (χ2n) is 6.13. The Hall–Kier alpha value is -2.53. The number of rotatable bonds is 8. The molecule has 1 unspecified atom stereocenters. The van der Waals surface area contributed by atoms with Crippen molar-refractivity contribution in [3.8, 4) is 11.5 Å². The summed E-state index contributed by atoms with van der Waals surface area (Å²) >= 11 is 0. The van der Waals surface area contributed by atoms with Crippen molar-refractivity contribution in [1.29, 1.82) is 0 Å². The van der Waals surface area contributed by atoms with Gasteiger partial charge in [-0.25, -0.2) is 0 Å².